The van der Waals surface area contributed by atoms with Crippen molar-refractivity contribution in [1.82, 2.24) is 10.9 Å². The lowest BCUT2D eigenvalue weighted by atomic mass is 9.79. The molecule has 1 aromatic rings. The van der Waals surface area contributed by atoms with Crippen LogP contribution in [0.1, 0.15) is 38.2 Å². The fraction of sp³-hybridized carbons (Fsp3) is 0.438. The smallest absolute Gasteiger partial charge is 0.317 e. The Labute approximate surface area is 129 Å². The summed E-state index contributed by atoms with van der Waals surface area (Å²) in [4.78, 5) is 34.7. The summed E-state index contributed by atoms with van der Waals surface area (Å²) >= 11 is 0. The molecule has 1 aliphatic carbocycles. The minimum Gasteiger partial charge on any atom is -0.455 e. The Bertz CT molecular complexity index is 551. The van der Waals surface area contributed by atoms with Gasteiger partial charge in [-0.25, -0.2) is 0 Å². The van der Waals surface area contributed by atoms with Crippen molar-refractivity contribution in [2.45, 2.75) is 38.0 Å². The van der Waals surface area contributed by atoms with Crippen LogP contribution in [0.3, 0.4) is 0 Å². The first-order chi connectivity index (χ1) is 10.5. The van der Waals surface area contributed by atoms with Gasteiger partial charge in [-0.15, -0.1) is 0 Å². The van der Waals surface area contributed by atoms with E-state index in [1.807, 2.05) is 30.3 Å². The van der Waals surface area contributed by atoms with E-state index in [0.29, 0.717) is 0 Å². The predicted molar refractivity (Wildman–Crippen MR) is 79.5 cm³/mol. The molecule has 118 valence electrons. The lowest BCUT2D eigenvalue weighted by Gasteiger charge is -2.27. The van der Waals surface area contributed by atoms with Crippen LogP contribution in [0.25, 0.3) is 0 Å². The molecule has 0 spiro atoms. The van der Waals surface area contributed by atoms with Crippen LogP contribution in [-0.2, 0) is 24.5 Å². The zero-order valence-corrected chi connectivity index (χ0v) is 12.6. The van der Waals surface area contributed by atoms with Crippen molar-refractivity contribution in [3.8, 4) is 0 Å². The molecule has 6 nitrogen and oxygen atoms in total. The predicted octanol–water partition coefficient (Wildman–Crippen LogP) is 1.21. The van der Waals surface area contributed by atoms with Gasteiger partial charge in [-0.2, -0.15) is 0 Å². The van der Waals surface area contributed by atoms with Crippen molar-refractivity contribution in [3.05, 3.63) is 35.9 Å². The van der Waals surface area contributed by atoms with Crippen LogP contribution in [0.4, 0.5) is 0 Å². The standard InChI is InChI=1S/C16H20N2O4/c1-12(19)17-18-14(20)11-22-15(21)16(9-5-6-10-16)13-7-3-2-4-8-13/h2-4,7-8H,5-6,9-11H2,1H3,(H,17,19)(H,18,20). The SMILES string of the molecule is CC(=O)NNC(=O)COC(=O)C1(c2ccccc2)CCCC1. The Balaban J connectivity index is 1.99. The summed E-state index contributed by atoms with van der Waals surface area (Å²) in [7, 11) is 0. The maximum absolute atomic E-state index is 12.5. The van der Waals surface area contributed by atoms with Crippen molar-refractivity contribution in [1.29, 1.82) is 0 Å². The van der Waals surface area contributed by atoms with Crippen LogP contribution in [-0.4, -0.2) is 24.4 Å². The largest absolute Gasteiger partial charge is 0.455 e. The van der Waals surface area contributed by atoms with Crippen molar-refractivity contribution in [3.63, 3.8) is 0 Å². The van der Waals surface area contributed by atoms with E-state index in [9.17, 15) is 14.4 Å². The molecule has 0 unspecified atom stereocenters. The molecule has 2 N–H and O–H groups in total. The minimum absolute atomic E-state index is 0.380. The molecule has 0 radical (unpaired) electrons. The number of hydrazine groups is 1. The Morgan fingerprint density at radius 1 is 1.09 bits per heavy atom. The second-order valence-corrected chi connectivity index (χ2v) is 5.46. The molecule has 0 aliphatic heterocycles. The van der Waals surface area contributed by atoms with Gasteiger partial charge in [-0.05, 0) is 18.4 Å². The summed E-state index contributed by atoms with van der Waals surface area (Å²) in [5.41, 5.74) is 4.59. The normalized spacial score (nSPS) is 15.9. The van der Waals surface area contributed by atoms with Crippen molar-refractivity contribution in [2.75, 3.05) is 6.61 Å². The number of nitrogens with one attached hydrogen (secondary N) is 2. The molecular formula is C16H20N2O4. The highest BCUT2D eigenvalue weighted by Crippen LogP contribution is 2.42. The summed E-state index contributed by atoms with van der Waals surface area (Å²) in [5.74, 6) is -1.34. The van der Waals surface area contributed by atoms with Gasteiger partial charge in [0.05, 0.1) is 5.41 Å². The van der Waals surface area contributed by atoms with E-state index >= 15 is 0 Å². The molecule has 0 saturated heterocycles. The number of carbonyl (C=O) groups excluding carboxylic acids is 3. The molecule has 1 fully saturated rings. The van der Waals surface area contributed by atoms with Crippen LogP contribution in [0, 0.1) is 0 Å². The van der Waals surface area contributed by atoms with Gasteiger partial charge >= 0.3 is 5.97 Å². The zero-order chi connectivity index (χ0) is 16.0. The number of hydrogen-bond acceptors (Lipinski definition) is 4. The number of carbonyl (C=O) groups is 3. The zero-order valence-electron chi connectivity index (χ0n) is 12.6. The Morgan fingerprint density at radius 2 is 1.73 bits per heavy atom. The number of hydrogen-bond donors (Lipinski definition) is 2. The molecule has 2 rings (SSSR count). The number of amides is 2. The first-order valence-electron chi connectivity index (χ1n) is 7.33. The monoisotopic (exact) mass is 304 g/mol. The van der Waals surface area contributed by atoms with Crippen LogP contribution in [0.5, 0.6) is 0 Å². The average Bonchev–Trinajstić information content (AvgIpc) is 3.02. The highest BCUT2D eigenvalue weighted by atomic mass is 16.5. The van der Waals surface area contributed by atoms with E-state index in [1.165, 1.54) is 6.92 Å². The maximum atomic E-state index is 12.5. The summed E-state index contributed by atoms with van der Waals surface area (Å²) in [6, 6.07) is 9.53. The second kappa shape index (κ2) is 7.06. The molecule has 22 heavy (non-hydrogen) atoms. The van der Waals surface area contributed by atoms with Crippen LogP contribution in [0.15, 0.2) is 30.3 Å². The molecule has 1 aliphatic rings. The van der Waals surface area contributed by atoms with E-state index in [4.69, 9.17) is 4.74 Å². The molecule has 1 saturated carbocycles. The first-order valence-corrected chi connectivity index (χ1v) is 7.33. The Hall–Kier alpha value is -2.37. The van der Waals surface area contributed by atoms with Gasteiger partial charge in [0.2, 0.25) is 5.91 Å². The molecule has 2 amide bonds. The number of ether oxygens (including phenoxy) is 1. The molecule has 1 aromatic carbocycles. The third-order valence-corrected chi connectivity index (χ3v) is 3.89. The number of rotatable bonds is 4. The van der Waals surface area contributed by atoms with Crippen LogP contribution < -0.4 is 10.9 Å². The van der Waals surface area contributed by atoms with E-state index in [1.54, 1.807) is 0 Å². The van der Waals surface area contributed by atoms with Gasteiger partial charge in [-0.1, -0.05) is 43.2 Å². The fourth-order valence-electron chi connectivity index (χ4n) is 2.81. The lowest BCUT2D eigenvalue weighted by molar-refractivity contribution is -0.154. The van der Waals surface area contributed by atoms with Gasteiger partial charge in [0.25, 0.3) is 5.91 Å². The van der Waals surface area contributed by atoms with Gasteiger partial charge in [0, 0.05) is 6.92 Å². The summed E-state index contributed by atoms with van der Waals surface area (Å²) in [6.45, 7) is 0.864. The number of benzene rings is 1. The Kier molecular flexibility index (Phi) is 5.14. The maximum Gasteiger partial charge on any atom is 0.317 e. The molecular weight excluding hydrogens is 284 g/mol. The van der Waals surface area contributed by atoms with Crippen molar-refractivity contribution < 1.29 is 19.1 Å². The fourth-order valence-corrected chi connectivity index (χ4v) is 2.81. The van der Waals surface area contributed by atoms with Gasteiger partial charge < -0.3 is 4.74 Å². The molecule has 0 atom stereocenters. The molecule has 6 heteroatoms. The van der Waals surface area contributed by atoms with E-state index in [0.717, 1.165) is 31.2 Å². The van der Waals surface area contributed by atoms with Crippen molar-refractivity contribution >= 4 is 17.8 Å². The molecule has 0 heterocycles. The van der Waals surface area contributed by atoms with Crippen LogP contribution in [0.2, 0.25) is 0 Å². The average molecular weight is 304 g/mol. The van der Waals surface area contributed by atoms with Gasteiger partial charge in [0.1, 0.15) is 0 Å². The summed E-state index contributed by atoms with van der Waals surface area (Å²) < 4.78 is 5.18. The van der Waals surface area contributed by atoms with E-state index in [-0.39, 0.29) is 5.97 Å². The topological polar surface area (TPSA) is 84.5 Å². The highest BCUT2D eigenvalue weighted by Gasteiger charge is 2.44. The Morgan fingerprint density at radius 3 is 2.32 bits per heavy atom. The third-order valence-electron chi connectivity index (χ3n) is 3.89. The van der Waals surface area contributed by atoms with Gasteiger partial charge in [0.15, 0.2) is 6.61 Å². The minimum atomic E-state index is -0.657. The summed E-state index contributed by atoms with van der Waals surface area (Å²) in [5, 5.41) is 0. The van der Waals surface area contributed by atoms with E-state index in [2.05, 4.69) is 10.9 Å². The summed E-state index contributed by atoms with van der Waals surface area (Å²) in [6.07, 6.45) is 3.37. The van der Waals surface area contributed by atoms with Crippen molar-refractivity contribution in [2.24, 2.45) is 0 Å². The quantitative estimate of drug-likeness (QED) is 0.647. The van der Waals surface area contributed by atoms with E-state index < -0.39 is 23.8 Å². The second-order valence-electron chi connectivity index (χ2n) is 5.46. The molecule has 0 aromatic heterocycles. The van der Waals surface area contributed by atoms with Crippen LogP contribution >= 0.6 is 0 Å². The third kappa shape index (κ3) is 3.63. The first kappa shape index (κ1) is 16.0. The lowest BCUT2D eigenvalue weighted by Crippen LogP contribution is -2.44. The molecule has 0 bridgehead atoms. The highest BCUT2D eigenvalue weighted by molar-refractivity contribution is 5.87. The number of esters is 1. The van der Waals surface area contributed by atoms with Gasteiger partial charge in [-0.3, -0.25) is 25.2 Å².